The molecule has 0 aliphatic carbocycles. The van der Waals surface area contributed by atoms with Crippen molar-refractivity contribution in [1.82, 2.24) is 0 Å². The van der Waals surface area contributed by atoms with Crippen molar-refractivity contribution in [1.29, 1.82) is 0 Å². The highest BCUT2D eigenvalue weighted by Gasteiger charge is 2.27. The number of benzene rings is 3. The Morgan fingerprint density at radius 3 is 2.34 bits per heavy atom. The summed E-state index contributed by atoms with van der Waals surface area (Å²) in [4.78, 5) is 37.4. The predicted molar refractivity (Wildman–Crippen MR) is 141 cm³/mol. The van der Waals surface area contributed by atoms with E-state index in [1.807, 2.05) is 0 Å². The maximum atomic E-state index is 12.5. The van der Waals surface area contributed by atoms with Gasteiger partial charge in [-0.1, -0.05) is 11.6 Å². The maximum absolute atomic E-state index is 12.5. The largest absolute Gasteiger partial charge is 0.490 e. The number of aliphatic imine (C=N–C) groups is 1. The van der Waals surface area contributed by atoms with Gasteiger partial charge in [0.05, 0.1) is 31.5 Å². The van der Waals surface area contributed by atoms with Gasteiger partial charge in [-0.2, -0.15) is 0 Å². The van der Waals surface area contributed by atoms with Crippen LogP contribution in [0.25, 0.3) is 6.08 Å². The molecule has 0 N–H and O–H groups in total. The van der Waals surface area contributed by atoms with Crippen LogP contribution in [0.3, 0.4) is 0 Å². The molecule has 38 heavy (non-hydrogen) atoms. The first-order valence-electron chi connectivity index (χ1n) is 11.0. The van der Waals surface area contributed by atoms with Crippen LogP contribution in [0.1, 0.15) is 23.6 Å². The number of halogens is 2. The Labute approximate surface area is 228 Å². The lowest BCUT2D eigenvalue weighted by atomic mass is 10.1. The number of cyclic esters (lactones) is 1. The highest BCUT2D eigenvalue weighted by molar-refractivity contribution is 9.10. The second-order valence-corrected chi connectivity index (χ2v) is 8.99. The van der Waals surface area contributed by atoms with Crippen molar-refractivity contribution in [2.75, 3.05) is 6.61 Å². The average molecular weight is 603 g/mol. The number of carbonyl (C=O) groups is 1. The van der Waals surface area contributed by atoms with E-state index in [2.05, 4.69) is 20.9 Å². The summed E-state index contributed by atoms with van der Waals surface area (Å²) < 4.78 is 17.4. The minimum atomic E-state index is -0.720. The van der Waals surface area contributed by atoms with E-state index in [4.69, 9.17) is 25.8 Å². The molecule has 3 aromatic carbocycles. The summed E-state index contributed by atoms with van der Waals surface area (Å²) in [5.74, 6) is 0.00289. The molecule has 1 heterocycles. The fourth-order valence-electron chi connectivity index (χ4n) is 3.42. The Balaban J connectivity index is 1.59. The number of rotatable bonds is 9. The molecule has 11 nitrogen and oxygen atoms in total. The van der Waals surface area contributed by atoms with Crippen LogP contribution in [0.2, 0.25) is 5.02 Å². The molecule has 0 amide bonds. The zero-order chi connectivity index (χ0) is 27.4. The molecular formula is C25H17BrClN3O8. The first kappa shape index (κ1) is 26.8. The van der Waals surface area contributed by atoms with Crippen LogP contribution in [0.15, 0.2) is 69.8 Å². The number of esters is 1. The predicted octanol–water partition coefficient (Wildman–Crippen LogP) is 6.24. The number of hydrogen-bond donors (Lipinski definition) is 0. The van der Waals surface area contributed by atoms with Gasteiger partial charge in [-0.05, 0) is 70.4 Å². The van der Waals surface area contributed by atoms with Crippen LogP contribution in [0.4, 0.5) is 11.4 Å². The Hall–Kier alpha value is -4.29. The summed E-state index contributed by atoms with van der Waals surface area (Å²) in [6.45, 7) is 2.27. The smallest absolute Gasteiger partial charge is 0.363 e. The van der Waals surface area contributed by atoms with Gasteiger partial charge in [-0.15, -0.1) is 0 Å². The van der Waals surface area contributed by atoms with Crippen molar-refractivity contribution in [3.63, 3.8) is 0 Å². The summed E-state index contributed by atoms with van der Waals surface area (Å²) in [5.41, 5.74) is 1.27. The zero-order valence-electron chi connectivity index (χ0n) is 19.6. The zero-order valence-corrected chi connectivity index (χ0v) is 21.9. The van der Waals surface area contributed by atoms with E-state index >= 15 is 0 Å². The molecule has 0 unspecified atom stereocenters. The molecule has 0 bridgehead atoms. The van der Waals surface area contributed by atoms with Gasteiger partial charge in [0.2, 0.25) is 5.90 Å². The summed E-state index contributed by atoms with van der Waals surface area (Å²) in [6, 6.07) is 13.1. The fourth-order valence-corrected chi connectivity index (χ4v) is 4.25. The van der Waals surface area contributed by atoms with Crippen molar-refractivity contribution in [3.8, 4) is 11.5 Å². The lowest BCUT2D eigenvalue weighted by molar-refractivity contribution is -0.385. The minimum absolute atomic E-state index is 0.0108. The molecule has 0 atom stereocenters. The van der Waals surface area contributed by atoms with Crippen molar-refractivity contribution >= 4 is 56.8 Å². The van der Waals surface area contributed by atoms with E-state index in [-0.39, 0.29) is 40.2 Å². The highest BCUT2D eigenvalue weighted by Crippen LogP contribution is 2.38. The van der Waals surface area contributed by atoms with Crippen LogP contribution < -0.4 is 9.47 Å². The number of non-ortho nitro benzene ring substituents is 2. The van der Waals surface area contributed by atoms with E-state index in [1.54, 1.807) is 31.2 Å². The minimum Gasteiger partial charge on any atom is -0.490 e. The Morgan fingerprint density at radius 1 is 1.03 bits per heavy atom. The molecule has 4 rings (SSSR count). The van der Waals surface area contributed by atoms with Crippen LogP contribution in [0, 0.1) is 20.2 Å². The van der Waals surface area contributed by atoms with Gasteiger partial charge in [0.25, 0.3) is 11.4 Å². The lowest BCUT2D eigenvalue weighted by Gasteiger charge is -2.15. The summed E-state index contributed by atoms with van der Waals surface area (Å²) >= 11 is 9.60. The third-order valence-corrected chi connectivity index (χ3v) is 6.08. The molecule has 13 heteroatoms. The van der Waals surface area contributed by atoms with Gasteiger partial charge in [0.1, 0.15) is 6.61 Å². The fraction of sp³-hybridized carbons (Fsp3) is 0.120. The number of nitro benzene ring substituents is 2. The van der Waals surface area contributed by atoms with Crippen LogP contribution in [0.5, 0.6) is 11.5 Å². The third-order valence-electron chi connectivity index (χ3n) is 5.18. The molecule has 0 aromatic heterocycles. The topological polar surface area (TPSA) is 143 Å². The van der Waals surface area contributed by atoms with Crippen molar-refractivity contribution in [3.05, 3.63) is 107 Å². The Kier molecular flexibility index (Phi) is 8.03. The maximum Gasteiger partial charge on any atom is 0.363 e. The normalized spacial score (nSPS) is 13.7. The Morgan fingerprint density at radius 2 is 1.71 bits per heavy atom. The number of ether oxygens (including phenoxy) is 3. The first-order chi connectivity index (χ1) is 18.2. The SMILES string of the molecule is CCOc1cc(/C=C2\N=C(c3ccc([N+](=O)[O-])cc3Cl)OC2=O)cc(Br)c1OCc1ccc([N+](=O)[O-])cc1. The van der Waals surface area contributed by atoms with Crippen LogP contribution >= 0.6 is 27.5 Å². The Bertz CT molecular complexity index is 1510. The number of hydrogen-bond acceptors (Lipinski definition) is 9. The van der Waals surface area contributed by atoms with Gasteiger partial charge in [0, 0.05) is 24.3 Å². The third kappa shape index (κ3) is 5.98. The van der Waals surface area contributed by atoms with Gasteiger partial charge < -0.3 is 14.2 Å². The molecule has 1 aliphatic rings. The standard InChI is InChI=1S/C25H17BrClN3O8/c1-2-36-22-11-15(9-19(26)23(22)37-13-14-3-5-16(6-4-14)29(32)33)10-21-25(31)38-24(28-21)18-8-7-17(30(34)35)12-20(18)27/h3-12H,2,13H2,1H3/b21-10-. The molecule has 0 spiro atoms. The number of nitro groups is 2. The van der Waals surface area contributed by atoms with Crippen molar-refractivity contribution in [2.24, 2.45) is 4.99 Å². The van der Waals surface area contributed by atoms with E-state index in [0.29, 0.717) is 28.1 Å². The summed E-state index contributed by atoms with van der Waals surface area (Å²) in [7, 11) is 0. The van der Waals surface area contributed by atoms with Gasteiger partial charge in [-0.3, -0.25) is 20.2 Å². The molecular weight excluding hydrogens is 586 g/mol. The van der Waals surface area contributed by atoms with Crippen LogP contribution in [-0.2, 0) is 16.1 Å². The van der Waals surface area contributed by atoms with Gasteiger partial charge >= 0.3 is 5.97 Å². The lowest BCUT2D eigenvalue weighted by Crippen LogP contribution is -2.06. The van der Waals surface area contributed by atoms with Gasteiger partial charge in [-0.25, -0.2) is 9.79 Å². The number of nitrogens with zero attached hydrogens (tertiary/aromatic N) is 3. The van der Waals surface area contributed by atoms with Crippen LogP contribution in [-0.4, -0.2) is 28.3 Å². The van der Waals surface area contributed by atoms with E-state index < -0.39 is 15.8 Å². The van der Waals surface area contributed by atoms with Crippen molar-refractivity contribution in [2.45, 2.75) is 13.5 Å². The van der Waals surface area contributed by atoms with Crippen molar-refractivity contribution < 1.29 is 28.9 Å². The van der Waals surface area contributed by atoms with E-state index in [1.165, 1.54) is 30.3 Å². The highest BCUT2D eigenvalue weighted by atomic mass is 79.9. The van der Waals surface area contributed by atoms with E-state index in [9.17, 15) is 25.0 Å². The molecule has 0 saturated heterocycles. The summed E-state index contributed by atoms with van der Waals surface area (Å²) in [5, 5.41) is 21.8. The molecule has 1 aliphatic heterocycles. The number of carbonyl (C=O) groups excluding carboxylic acids is 1. The second kappa shape index (κ2) is 11.4. The van der Waals surface area contributed by atoms with Gasteiger partial charge in [0.15, 0.2) is 17.2 Å². The summed E-state index contributed by atoms with van der Waals surface area (Å²) in [6.07, 6.45) is 1.49. The molecule has 0 fully saturated rings. The molecule has 3 aromatic rings. The molecule has 0 saturated carbocycles. The quantitative estimate of drug-likeness (QED) is 0.121. The average Bonchev–Trinajstić information content (AvgIpc) is 3.23. The van der Waals surface area contributed by atoms with E-state index in [0.717, 1.165) is 11.6 Å². The first-order valence-corrected chi connectivity index (χ1v) is 12.1. The second-order valence-electron chi connectivity index (χ2n) is 7.73. The molecule has 194 valence electrons. The monoisotopic (exact) mass is 601 g/mol. The molecule has 0 radical (unpaired) electrons.